The summed E-state index contributed by atoms with van der Waals surface area (Å²) in [5.74, 6) is 0.476. The molecule has 1 unspecified atom stereocenters. The molecule has 0 aromatic heterocycles. The second-order valence-corrected chi connectivity index (χ2v) is 7.37. The standard InChI is InChI=1S/C14H21N3O4S/c1-11-4-5-13(9-14(11)17(18)19)22(20,21)16-8-6-12-3-2-7-15-10-12/h4-5,9,12,15-16H,2-3,6-8,10H2,1H3. The number of aryl methyl sites for hydroxylation is 1. The molecule has 1 aromatic carbocycles. The van der Waals surface area contributed by atoms with Crippen LogP contribution >= 0.6 is 0 Å². The van der Waals surface area contributed by atoms with Gasteiger partial charge in [-0.25, -0.2) is 13.1 Å². The SMILES string of the molecule is Cc1ccc(S(=O)(=O)NCCC2CCCNC2)cc1[N+](=O)[O-]. The van der Waals surface area contributed by atoms with E-state index in [1.165, 1.54) is 12.1 Å². The van der Waals surface area contributed by atoms with Crippen LogP contribution in [-0.4, -0.2) is 33.0 Å². The molecule has 0 saturated carbocycles. The molecule has 1 fully saturated rings. The van der Waals surface area contributed by atoms with Crippen LogP contribution in [0.2, 0.25) is 0 Å². The molecule has 1 aliphatic rings. The molecule has 8 heteroatoms. The molecule has 0 radical (unpaired) electrons. The number of nitro groups is 1. The van der Waals surface area contributed by atoms with Crippen molar-refractivity contribution >= 4 is 15.7 Å². The Morgan fingerprint density at radius 2 is 2.23 bits per heavy atom. The summed E-state index contributed by atoms with van der Waals surface area (Å²) in [6, 6.07) is 3.96. The van der Waals surface area contributed by atoms with Gasteiger partial charge in [-0.15, -0.1) is 0 Å². The van der Waals surface area contributed by atoms with Gasteiger partial charge in [-0.2, -0.15) is 0 Å². The molecule has 0 bridgehead atoms. The molecule has 2 N–H and O–H groups in total. The third-order valence-electron chi connectivity index (χ3n) is 3.93. The maximum Gasteiger partial charge on any atom is 0.273 e. The zero-order valence-corrected chi connectivity index (χ0v) is 13.4. The normalized spacial score (nSPS) is 19.0. The molecular formula is C14H21N3O4S. The van der Waals surface area contributed by atoms with Crippen molar-refractivity contribution in [3.63, 3.8) is 0 Å². The fraction of sp³-hybridized carbons (Fsp3) is 0.571. The number of hydrogen-bond acceptors (Lipinski definition) is 5. The van der Waals surface area contributed by atoms with Gasteiger partial charge in [-0.3, -0.25) is 10.1 Å². The highest BCUT2D eigenvalue weighted by Crippen LogP contribution is 2.22. The number of benzene rings is 1. The van der Waals surface area contributed by atoms with Crippen LogP contribution in [0.15, 0.2) is 23.1 Å². The van der Waals surface area contributed by atoms with Gasteiger partial charge in [0.05, 0.1) is 9.82 Å². The van der Waals surface area contributed by atoms with E-state index < -0.39 is 14.9 Å². The van der Waals surface area contributed by atoms with E-state index in [4.69, 9.17) is 0 Å². The topological polar surface area (TPSA) is 101 Å². The molecular weight excluding hydrogens is 306 g/mol. The van der Waals surface area contributed by atoms with E-state index in [0.29, 0.717) is 18.0 Å². The molecule has 7 nitrogen and oxygen atoms in total. The van der Waals surface area contributed by atoms with Crippen molar-refractivity contribution in [3.8, 4) is 0 Å². The predicted octanol–water partition coefficient (Wildman–Crippen LogP) is 1.57. The second-order valence-electron chi connectivity index (χ2n) is 5.60. The minimum absolute atomic E-state index is 0.0634. The van der Waals surface area contributed by atoms with Crippen LogP contribution in [0.25, 0.3) is 0 Å². The summed E-state index contributed by atoms with van der Waals surface area (Å²) in [6.45, 7) is 3.86. The number of nitro benzene ring substituents is 1. The summed E-state index contributed by atoms with van der Waals surface area (Å²) in [6.07, 6.45) is 2.98. The van der Waals surface area contributed by atoms with Gasteiger partial charge in [0.2, 0.25) is 10.0 Å². The Kier molecular flexibility index (Phi) is 5.49. The highest BCUT2D eigenvalue weighted by Gasteiger charge is 2.20. The van der Waals surface area contributed by atoms with E-state index in [0.717, 1.165) is 38.4 Å². The van der Waals surface area contributed by atoms with Gasteiger partial charge in [0.1, 0.15) is 0 Å². The van der Waals surface area contributed by atoms with Crippen LogP contribution < -0.4 is 10.0 Å². The summed E-state index contributed by atoms with van der Waals surface area (Å²) in [5.41, 5.74) is 0.261. The largest absolute Gasteiger partial charge is 0.316 e. The third-order valence-corrected chi connectivity index (χ3v) is 5.39. The Labute approximate surface area is 130 Å². The number of rotatable bonds is 6. The van der Waals surface area contributed by atoms with Gasteiger partial charge in [0, 0.05) is 18.2 Å². The Morgan fingerprint density at radius 1 is 1.45 bits per heavy atom. The van der Waals surface area contributed by atoms with Crippen molar-refractivity contribution in [3.05, 3.63) is 33.9 Å². The zero-order chi connectivity index (χ0) is 16.2. The molecule has 1 aliphatic heterocycles. The lowest BCUT2D eigenvalue weighted by Gasteiger charge is -2.22. The van der Waals surface area contributed by atoms with Gasteiger partial charge >= 0.3 is 0 Å². The first-order chi connectivity index (χ1) is 10.4. The van der Waals surface area contributed by atoms with E-state index in [1.807, 2.05) is 0 Å². The van der Waals surface area contributed by atoms with Crippen molar-refractivity contribution in [2.24, 2.45) is 5.92 Å². The number of sulfonamides is 1. The zero-order valence-electron chi connectivity index (χ0n) is 12.5. The van der Waals surface area contributed by atoms with Crippen molar-refractivity contribution in [1.82, 2.24) is 10.0 Å². The minimum atomic E-state index is -3.71. The smallest absolute Gasteiger partial charge is 0.273 e. The van der Waals surface area contributed by atoms with Crippen molar-refractivity contribution in [2.45, 2.75) is 31.1 Å². The molecule has 0 spiro atoms. The number of nitrogens with zero attached hydrogens (tertiary/aromatic N) is 1. The van der Waals surface area contributed by atoms with E-state index >= 15 is 0 Å². The van der Waals surface area contributed by atoms with Crippen molar-refractivity contribution in [2.75, 3.05) is 19.6 Å². The Balaban J connectivity index is 2.00. The highest BCUT2D eigenvalue weighted by atomic mass is 32.2. The second kappa shape index (κ2) is 7.17. The first-order valence-corrected chi connectivity index (χ1v) is 8.84. The fourth-order valence-electron chi connectivity index (χ4n) is 2.60. The van der Waals surface area contributed by atoms with Gasteiger partial charge in [0.25, 0.3) is 5.69 Å². The molecule has 0 amide bonds. The average Bonchev–Trinajstić information content (AvgIpc) is 2.48. The third kappa shape index (κ3) is 4.25. The summed E-state index contributed by atoms with van der Waals surface area (Å²) in [5, 5.41) is 14.2. The first-order valence-electron chi connectivity index (χ1n) is 7.35. The maximum atomic E-state index is 12.2. The predicted molar refractivity (Wildman–Crippen MR) is 83.2 cm³/mol. The highest BCUT2D eigenvalue weighted by molar-refractivity contribution is 7.89. The molecule has 1 aromatic rings. The summed E-state index contributed by atoms with van der Waals surface area (Å²) in [4.78, 5) is 10.3. The Bertz CT molecular complexity index is 639. The van der Waals surface area contributed by atoms with Gasteiger partial charge < -0.3 is 5.32 Å². The minimum Gasteiger partial charge on any atom is -0.316 e. The summed E-state index contributed by atoms with van der Waals surface area (Å²) >= 11 is 0. The van der Waals surface area contributed by atoms with Crippen LogP contribution in [0.5, 0.6) is 0 Å². The van der Waals surface area contributed by atoms with Crippen molar-refractivity contribution < 1.29 is 13.3 Å². The van der Waals surface area contributed by atoms with Crippen LogP contribution in [-0.2, 0) is 10.0 Å². The maximum absolute atomic E-state index is 12.2. The number of piperidine rings is 1. The lowest BCUT2D eigenvalue weighted by atomic mass is 9.96. The lowest BCUT2D eigenvalue weighted by Crippen LogP contribution is -2.33. The average molecular weight is 327 g/mol. The van der Waals surface area contributed by atoms with E-state index in [2.05, 4.69) is 10.0 Å². The molecule has 0 aliphatic carbocycles. The van der Waals surface area contributed by atoms with Gasteiger partial charge in [0.15, 0.2) is 0 Å². The van der Waals surface area contributed by atoms with E-state index in [-0.39, 0.29) is 10.6 Å². The molecule has 2 rings (SSSR count). The lowest BCUT2D eigenvalue weighted by molar-refractivity contribution is -0.385. The molecule has 22 heavy (non-hydrogen) atoms. The summed E-state index contributed by atoms with van der Waals surface area (Å²) in [7, 11) is -3.71. The Hall–Kier alpha value is -1.51. The van der Waals surface area contributed by atoms with Crippen LogP contribution in [0.3, 0.4) is 0 Å². The fourth-order valence-corrected chi connectivity index (χ4v) is 3.67. The molecule has 122 valence electrons. The molecule has 1 atom stereocenters. The van der Waals surface area contributed by atoms with Crippen LogP contribution in [0.1, 0.15) is 24.8 Å². The monoisotopic (exact) mass is 327 g/mol. The van der Waals surface area contributed by atoms with Gasteiger partial charge in [-0.1, -0.05) is 6.07 Å². The first kappa shape index (κ1) is 16.9. The van der Waals surface area contributed by atoms with E-state index in [9.17, 15) is 18.5 Å². The molecule has 1 heterocycles. The van der Waals surface area contributed by atoms with Crippen LogP contribution in [0.4, 0.5) is 5.69 Å². The van der Waals surface area contributed by atoms with Crippen LogP contribution in [0, 0.1) is 23.0 Å². The van der Waals surface area contributed by atoms with E-state index in [1.54, 1.807) is 6.92 Å². The van der Waals surface area contributed by atoms with Gasteiger partial charge in [-0.05, 0) is 51.3 Å². The summed E-state index contributed by atoms with van der Waals surface area (Å²) < 4.78 is 27.0. The Morgan fingerprint density at radius 3 is 2.86 bits per heavy atom. The molecule has 1 saturated heterocycles. The number of nitrogens with one attached hydrogen (secondary N) is 2. The van der Waals surface area contributed by atoms with Crippen molar-refractivity contribution in [1.29, 1.82) is 0 Å². The quantitative estimate of drug-likeness (QED) is 0.610. The number of hydrogen-bond donors (Lipinski definition) is 2.